The normalized spacial score (nSPS) is 22.1. The molecule has 1 aliphatic carbocycles. The maximum Gasteiger partial charge on any atom is 0.313 e. The third-order valence-electron chi connectivity index (χ3n) is 3.27. The Bertz CT molecular complexity index is 433. The zero-order chi connectivity index (χ0) is 13.1. The number of rotatable bonds is 7. The zero-order valence-corrected chi connectivity index (χ0v) is 11.6. The molecule has 1 aromatic heterocycles. The second-order valence-corrected chi connectivity index (χ2v) is 5.62. The van der Waals surface area contributed by atoms with Crippen molar-refractivity contribution in [2.24, 2.45) is 5.92 Å². The van der Waals surface area contributed by atoms with E-state index in [-0.39, 0.29) is 5.75 Å². The molecule has 1 heterocycles. The standard InChI is InChI=1S/C12H19N3O2S/c1-3-5-10-13-14-12(18-7-11(16)17)15(10)9-6-8(9)4-2/h8-9H,3-7H2,1-2H3,(H,16,17). The lowest BCUT2D eigenvalue weighted by Crippen LogP contribution is -2.06. The molecule has 0 bridgehead atoms. The van der Waals surface area contributed by atoms with Crippen LogP contribution < -0.4 is 0 Å². The van der Waals surface area contributed by atoms with E-state index < -0.39 is 5.97 Å². The van der Waals surface area contributed by atoms with Gasteiger partial charge < -0.3 is 9.67 Å². The second-order valence-electron chi connectivity index (χ2n) is 4.67. The fraction of sp³-hybridized carbons (Fsp3) is 0.750. The van der Waals surface area contributed by atoms with Gasteiger partial charge in [0.05, 0.1) is 5.75 Å². The molecule has 1 aromatic rings. The number of nitrogens with zero attached hydrogens (tertiary/aromatic N) is 3. The lowest BCUT2D eigenvalue weighted by molar-refractivity contribution is -0.133. The van der Waals surface area contributed by atoms with E-state index in [0.717, 1.165) is 30.2 Å². The number of carboxylic acids is 1. The molecule has 0 saturated heterocycles. The van der Waals surface area contributed by atoms with Crippen LogP contribution in [0.4, 0.5) is 0 Å². The van der Waals surface area contributed by atoms with Crippen LogP contribution in [0.2, 0.25) is 0 Å². The molecule has 2 rings (SSSR count). The third-order valence-corrected chi connectivity index (χ3v) is 4.20. The average molecular weight is 269 g/mol. The molecule has 0 amide bonds. The summed E-state index contributed by atoms with van der Waals surface area (Å²) >= 11 is 1.27. The van der Waals surface area contributed by atoms with Gasteiger partial charge >= 0.3 is 5.97 Å². The summed E-state index contributed by atoms with van der Waals surface area (Å²) in [7, 11) is 0. The first-order valence-corrected chi connectivity index (χ1v) is 7.44. The summed E-state index contributed by atoms with van der Waals surface area (Å²) in [5, 5.41) is 17.9. The number of hydrogen-bond donors (Lipinski definition) is 1. The number of aromatic nitrogens is 3. The quantitative estimate of drug-likeness (QED) is 0.770. The monoisotopic (exact) mass is 269 g/mol. The Balaban J connectivity index is 2.15. The van der Waals surface area contributed by atoms with Crippen LogP contribution in [-0.4, -0.2) is 31.6 Å². The Kier molecular flexibility index (Phi) is 4.27. The van der Waals surface area contributed by atoms with Crippen molar-refractivity contribution in [3.63, 3.8) is 0 Å². The summed E-state index contributed by atoms with van der Waals surface area (Å²) in [6, 6.07) is 0.489. The van der Waals surface area contributed by atoms with E-state index >= 15 is 0 Å². The first-order chi connectivity index (χ1) is 8.67. The first-order valence-electron chi connectivity index (χ1n) is 6.45. The van der Waals surface area contributed by atoms with E-state index in [1.165, 1.54) is 18.2 Å². The summed E-state index contributed by atoms with van der Waals surface area (Å²) < 4.78 is 2.17. The van der Waals surface area contributed by atoms with Gasteiger partial charge in [0.15, 0.2) is 5.16 Å². The van der Waals surface area contributed by atoms with Crippen molar-refractivity contribution < 1.29 is 9.90 Å². The molecule has 6 heteroatoms. The van der Waals surface area contributed by atoms with Gasteiger partial charge in [-0.1, -0.05) is 32.0 Å². The van der Waals surface area contributed by atoms with E-state index in [9.17, 15) is 4.79 Å². The summed E-state index contributed by atoms with van der Waals surface area (Å²) in [5.41, 5.74) is 0. The van der Waals surface area contributed by atoms with E-state index in [2.05, 4.69) is 28.6 Å². The molecular formula is C12H19N3O2S. The zero-order valence-electron chi connectivity index (χ0n) is 10.8. The number of aryl methyl sites for hydroxylation is 1. The highest BCUT2D eigenvalue weighted by Gasteiger charge is 2.39. The SMILES string of the molecule is CCCc1nnc(SCC(=O)O)n1C1CC1CC. The van der Waals surface area contributed by atoms with E-state index in [1.807, 2.05) is 0 Å². The molecule has 0 aliphatic heterocycles. The number of carboxylic acid groups (broad SMARTS) is 1. The fourth-order valence-corrected chi connectivity index (χ4v) is 2.98. The van der Waals surface area contributed by atoms with Gasteiger partial charge in [0.1, 0.15) is 5.82 Å². The molecule has 18 heavy (non-hydrogen) atoms. The molecule has 0 aromatic carbocycles. The molecule has 2 unspecified atom stereocenters. The van der Waals surface area contributed by atoms with Crippen molar-refractivity contribution in [3.8, 4) is 0 Å². The Labute approximate surface area is 111 Å². The molecule has 100 valence electrons. The molecule has 2 atom stereocenters. The number of hydrogen-bond acceptors (Lipinski definition) is 4. The summed E-state index contributed by atoms with van der Waals surface area (Å²) in [4.78, 5) is 10.6. The summed E-state index contributed by atoms with van der Waals surface area (Å²) in [6.07, 6.45) is 4.28. The highest BCUT2D eigenvalue weighted by atomic mass is 32.2. The van der Waals surface area contributed by atoms with Crippen LogP contribution in [0.1, 0.15) is 45.0 Å². The van der Waals surface area contributed by atoms with Crippen LogP contribution >= 0.6 is 11.8 Å². The van der Waals surface area contributed by atoms with Crippen LogP contribution in [0.5, 0.6) is 0 Å². The van der Waals surface area contributed by atoms with Crippen molar-refractivity contribution in [1.29, 1.82) is 0 Å². The maximum atomic E-state index is 10.6. The van der Waals surface area contributed by atoms with Crippen molar-refractivity contribution in [2.45, 2.75) is 50.7 Å². The summed E-state index contributed by atoms with van der Waals surface area (Å²) in [5.74, 6) is 0.954. The van der Waals surface area contributed by atoms with E-state index in [1.54, 1.807) is 0 Å². The van der Waals surface area contributed by atoms with Gasteiger partial charge in [-0.2, -0.15) is 0 Å². The smallest absolute Gasteiger partial charge is 0.313 e. The molecule has 1 fully saturated rings. The number of thioether (sulfide) groups is 1. The average Bonchev–Trinajstić information content (AvgIpc) is 3.01. The van der Waals surface area contributed by atoms with Crippen LogP contribution in [-0.2, 0) is 11.2 Å². The Hall–Kier alpha value is -1.04. The van der Waals surface area contributed by atoms with Gasteiger partial charge in [-0.25, -0.2) is 0 Å². The van der Waals surface area contributed by atoms with Crippen molar-refractivity contribution >= 4 is 17.7 Å². The fourth-order valence-electron chi connectivity index (χ4n) is 2.25. The molecule has 0 spiro atoms. The predicted molar refractivity (Wildman–Crippen MR) is 69.8 cm³/mol. The summed E-state index contributed by atoms with van der Waals surface area (Å²) in [6.45, 7) is 4.31. The lowest BCUT2D eigenvalue weighted by atomic mass is 10.3. The largest absolute Gasteiger partial charge is 0.481 e. The van der Waals surface area contributed by atoms with Crippen molar-refractivity contribution in [2.75, 3.05) is 5.75 Å². The van der Waals surface area contributed by atoms with E-state index in [0.29, 0.717) is 12.0 Å². The van der Waals surface area contributed by atoms with Crippen LogP contribution in [0.3, 0.4) is 0 Å². The van der Waals surface area contributed by atoms with Gasteiger partial charge in [0.2, 0.25) is 0 Å². The minimum Gasteiger partial charge on any atom is -0.481 e. The number of carbonyl (C=O) groups is 1. The number of aliphatic carboxylic acids is 1. The molecule has 1 saturated carbocycles. The van der Waals surface area contributed by atoms with E-state index in [4.69, 9.17) is 5.11 Å². The third kappa shape index (κ3) is 2.85. The highest BCUT2D eigenvalue weighted by Crippen LogP contribution is 2.47. The predicted octanol–water partition coefficient (Wildman–Crippen LogP) is 2.38. The van der Waals surface area contributed by atoms with Crippen LogP contribution in [0.15, 0.2) is 5.16 Å². The molecule has 5 nitrogen and oxygen atoms in total. The van der Waals surface area contributed by atoms with Crippen LogP contribution in [0, 0.1) is 5.92 Å². The highest BCUT2D eigenvalue weighted by molar-refractivity contribution is 7.99. The first kappa shape index (κ1) is 13.4. The van der Waals surface area contributed by atoms with Crippen LogP contribution in [0.25, 0.3) is 0 Å². The topological polar surface area (TPSA) is 68.0 Å². The van der Waals surface area contributed by atoms with Crippen molar-refractivity contribution in [3.05, 3.63) is 5.82 Å². The second kappa shape index (κ2) is 5.73. The minimum atomic E-state index is -0.811. The molecular weight excluding hydrogens is 250 g/mol. The van der Waals surface area contributed by atoms with Gasteiger partial charge in [-0.15, -0.1) is 10.2 Å². The van der Waals surface area contributed by atoms with Gasteiger partial charge in [-0.3, -0.25) is 4.79 Å². The molecule has 1 aliphatic rings. The Morgan fingerprint density at radius 2 is 2.28 bits per heavy atom. The Morgan fingerprint density at radius 3 is 2.83 bits per heavy atom. The maximum absolute atomic E-state index is 10.6. The minimum absolute atomic E-state index is 0.0494. The molecule has 0 radical (unpaired) electrons. The lowest BCUT2D eigenvalue weighted by Gasteiger charge is -2.08. The van der Waals surface area contributed by atoms with Gasteiger partial charge in [0, 0.05) is 12.5 Å². The van der Waals surface area contributed by atoms with Gasteiger partial charge in [-0.05, 0) is 18.8 Å². The Morgan fingerprint density at radius 1 is 1.50 bits per heavy atom. The molecule has 1 N–H and O–H groups in total. The van der Waals surface area contributed by atoms with Gasteiger partial charge in [0.25, 0.3) is 0 Å². The van der Waals surface area contributed by atoms with Crippen molar-refractivity contribution in [1.82, 2.24) is 14.8 Å².